The van der Waals surface area contributed by atoms with Gasteiger partial charge in [0.25, 0.3) is 0 Å². The molecule has 0 bridgehead atoms. The summed E-state index contributed by atoms with van der Waals surface area (Å²) in [5.41, 5.74) is -0.00482. The third kappa shape index (κ3) is 6.73. The first-order valence-corrected chi connectivity index (χ1v) is 8.66. The van der Waals surface area contributed by atoms with Crippen LogP contribution in [-0.2, 0) is 4.74 Å². The summed E-state index contributed by atoms with van der Waals surface area (Å²) >= 11 is 13.5. The second-order valence-corrected chi connectivity index (χ2v) is 9.18. The molecule has 2 N–H and O–H groups in total. The zero-order valence-corrected chi connectivity index (χ0v) is 16.2. The summed E-state index contributed by atoms with van der Waals surface area (Å²) in [5, 5.41) is 6.21. The number of hydrogen-bond acceptors (Lipinski definition) is 4. The fraction of sp³-hybridized carbons (Fsp3) is 0.667. The normalized spacial score (nSPS) is 13.8. The van der Waals surface area contributed by atoms with Crippen molar-refractivity contribution in [2.45, 2.75) is 58.7 Å². The molecular weight excluding hydrogens is 343 g/mol. The number of rotatable bonds is 5. The van der Waals surface area contributed by atoms with Crippen LogP contribution in [0.3, 0.4) is 0 Å². The van der Waals surface area contributed by atoms with Crippen LogP contribution in [0.15, 0.2) is 6.07 Å². The van der Waals surface area contributed by atoms with E-state index in [1.807, 2.05) is 47.6 Å². The molecule has 126 valence electrons. The standard InChI is InChI=1S/C15H24Cl2N2O2S/c1-9(10-7-11(16)22-12(10)17)18-8-15(5,6)19-13(20)21-14(2,3)4/h7,9,18H,8H2,1-6H3,(H,19,20). The maximum absolute atomic E-state index is 11.8. The highest BCUT2D eigenvalue weighted by Crippen LogP contribution is 2.34. The smallest absolute Gasteiger partial charge is 0.408 e. The number of nitrogens with one attached hydrogen (secondary N) is 2. The van der Waals surface area contributed by atoms with Crippen LogP contribution in [0.25, 0.3) is 0 Å². The number of alkyl carbamates (subject to hydrolysis) is 1. The van der Waals surface area contributed by atoms with E-state index >= 15 is 0 Å². The fourth-order valence-electron chi connectivity index (χ4n) is 1.79. The van der Waals surface area contributed by atoms with Crippen molar-refractivity contribution in [2.24, 2.45) is 0 Å². The van der Waals surface area contributed by atoms with Gasteiger partial charge in [-0.2, -0.15) is 0 Å². The van der Waals surface area contributed by atoms with Crippen LogP contribution in [0.5, 0.6) is 0 Å². The Morgan fingerprint density at radius 2 is 1.91 bits per heavy atom. The van der Waals surface area contributed by atoms with Gasteiger partial charge in [0.15, 0.2) is 0 Å². The molecular formula is C15H24Cl2N2O2S. The predicted molar refractivity (Wildman–Crippen MR) is 94.2 cm³/mol. The Morgan fingerprint density at radius 3 is 2.36 bits per heavy atom. The molecule has 1 amide bonds. The van der Waals surface area contributed by atoms with Gasteiger partial charge in [0.05, 0.1) is 14.2 Å². The van der Waals surface area contributed by atoms with Crippen molar-refractivity contribution in [3.63, 3.8) is 0 Å². The van der Waals surface area contributed by atoms with Crippen LogP contribution in [0, 0.1) is 0 Å². The lowest BCUT2D eigenvalue weighted by molar-refractivity contribution is 0.0471. The molecule has 1 aromatic rings. The van der Waals surface area contributed by atoms with Gasteiger partial charge in [-0.3, -0.25) is 0 Å². The van der Waals surface area contributed by atoms with E-state index in [0.717, 1.165) is 5.56 Å². The van der Waals surface area contributed by atoms with E-state index < -0.39 is 17.2 Å². The van der Waals surface area contributed by atoms with Gasteiger partial charge in [-0.25, -0.2) is 4.79 Å². The van der Waals surface area contributed by atoms with Gasteiger partial charge in [0.2, 0.25) is 0 Å². The lowest BCUT2D eigenvalue weighted by Gasteiger charge is -2.30. The Labute approximate surface area is 146 Å². The maximum Gasteiger partial charge on any atom is 0.408 e. The van der Waals surface area contributed by atoms with Crippen molar-refractivity contribution in [1.82, 2.24) is 10.6 Å². The van der Waals surface area contributed by atoms with Crippen LogP contribution in [0.2, 0.25) is 8.67 Å². The molecule has 1 heterocycles. The molecule has 0 aliphatic rings. The van der Waals surface area contributed by atoms with Crippen LogP contribution in [0.1, 0.15) is 53.1 Å². The van der Waals surface area contributed by atoms with Crippen molar-refractivity contribution in [3.05, 3.63) is 20.3 Å². The topological polar surface area (TPSA) is 50.4 Å². The number of amides is 1. The van der Waals surface area contributed by atoms with Gasteiger partial charge in [0.1, 0.15) is 5.60 Å². The molecule has 4 nitrogen and oxygen atoms in total. The molecule has 0 spiro atoms. The van der Waals surface area contributed by atoms with E-state index in [0.29, 0.717) is 15.2 Å². The van der Waals surface area contributed by atoms with Crippen molar-refractivity contribution < 1.29 is 9.53 Å². The second kappa shape index (κ2) is 7.39. The van der Waals surface area contributed by atoms with E-state index in [9.17, 15) is 4.79 Å². The van der Waals surface area contributed by atoms with Crippen LogP contribution in [0.4, 0.5) is 4.79 Å². The molecule has 22 heavy (non-hydrogen) atoms. The van der Waals surface area contributed by atoms with Crippen molar-refractivity contribution in [3.8, 4) is 0 Å². The van der Waals surface area contributed by atoms with Gasteiger partial charge >= 0.3 is 6.09 Å². The SMILES string of the molecule is CC(NCC(C)(C)NC(=O)OC(C)(C)C)c1cc(Cl)sc1Cl. The Balaban J connectivity index is 2.54. The summed E-state index contributed by atoms with van der Waals surface area (Å²) in [6.45, 7) is 11.9. The molecule has 7 heteroatoms. The van der Waals surface area contributed by atoms with Crippen LogP contribution >= 0.6 is 34.5 Å². The molecule has 1 aromatic heterocycles. The van der Waals surface area contributed by atoms with Crippen molar-refractivity contribution >= 4 is 40.6 Å². The first-order chi connectivity index (χ1) is 9.89. The van der Waals surface area contributed by atoms with Crippen LogP contribution < -0.4 is 10.6 Å². The van der Waals surface area contributed by atoms with E-state index in [4.69, 9.17) is 27.9 Å². The second-order valence-electron chi connectivity index (χ2n) is 6.89. The first-order valence-electron chi connectivity index (χ1n) is 7.09. The van der Waals surface area contributed by atoms with Gasteiger partial charge < -0.3 is 15.4 Å². The Bertz CT molecular complexity index is 524. The van der Waals surface area contributed by atoms with Gasteiger partial charge in [0, 0.05) is 12.6 Å². The summed E-state index contributed by atoms with van der Waals surface area (Å²) in [6.07, 6.45) is -0.427. The molecule has 0 aliphatic carbocycles. The highest BCUT2D eigenvalue weighted by Gasteiger charge is 2.25. The summed E-state index contributed by atoms with van der Waals surface area (Å²) in [7, 11) is 0. The summed E-state index contributed by atoms with van der Waals surface area (Å²) in [4.78, 5) is 11.8. The number of carbonyl (C=O) groups excluding carboxylic acids is 1. The average molecular weight is 367 g/mol. The molecule has 1 unspecified atom stereocenters. The Hall–Kier alpha value is -0.490. The molecule has 1 atom stereocenters. The minimum absolute atomic E-state index is 0.0379. The molecule has 0 aromatic carbocycles. The number of carbonyl (C=O) groups is 1. The predicted octanol–water partition coefficient (Wildman–Crippen LogP) is 5.01. The first kappa shape index (κ1) is 19.6. The van der Waals surface area contributed by atoms with E-state index in [2.05, 4.69) is 10.6 Å². The maximum atomic E-state index is 11.8. The Morgan fingerprint density at radius 1 is 1.32 bits per heavy atom. The highest BCUT2D eigenvalue weighted by molar-refractivity contribution is 7.20. The molecule has 0 saturated carbocycles. The molecule has 0 aliphatic heterocycles. The van der Waals surface area contributed by atoms with Crippen molar-refractivity contribution in [1.29, 1.82) is 0 Å². The number of ether oxygens (including phenoxy) is 1. The summed E-state index contributed by atoms with van der Waals surface area (Å²) < 4.78 is 6.62. The lowest BCUT2D eigenvalue weighted by Crippen LogP contribution is -2.51. The van der Waals surface area contributed by atoms with Crippen LogP contribution in [-0.4, -0.2) is 23.8 Å². The average Bonchev–Trinajstić information content (AvgIpc) is 2.62. The van der Waals surface area contributed by atoms with Gasteiger partial charge in [-0.1, -0.05) is 23.2 Å². The highest BCUT2D eigenvalue weighted by atomic mass is 35.5. The monoisotopic (exact) mass is 366 g/mol. The fourth-order valence-corrected chi connectivity index (χ4v) is 3.44. The quantitative estimate of drug-likeness (QED) is 0.769. The minimum Gasteiger partial charge on any atom is -0.444 e. The van der Waals surface area contributed by atoms with Gasteiger partial charge in [-0.05, 0) is 53.2 Å². The third-order valence-corrected chi connectivity index (χ3v) is 4.36. The molecule has 0 fully saturated rings. The number of halogens is 2. The van der Waals surface area contributed by atoms with Crippen molar-refractivity contribution in [2.75, 3.05) is 6.54 Å². The van der Waals surface area contributed by atoms with Gasteiger partial charge in [-0.15, -0.1) is 11.3 Å². The molecule has 1 rings (SSSR count). The third-order valence-electron chi connectivity index (χ3n) is 2.84. The minimum atomic E-state index is -0.512. The van der Waals surface area contributed by atoms with E-state index in [1.54, 1.807) is 0 Å². The lowest BCUT2D eigenvalue weighted by atomic mass is 10.0. The molecule has 0 radical (unpaired) electrons. The molecule has 0 saturated heterocycles. The zero-order valence-electron chi connectivity index (χ0n) is 13.8. The Kier molecular flexibility index (Phi) is 6.57. The zero-order chi connectivity index (χ0) is 17.1. The number of hydrogen-bond donors (Lipinski definition) is 2. The number of thiophene rings is 1. The largest absolute Gasteiger partial charge is 0.444 e. The van der Waals surface area contributed by atoms with E-state index in [-0.39, 0.29) is 6.04 Å². The summed E-state index contributed by atoms with van der Waals surface area (Å²) in [5.74, 6) is 0. The summed E-state index contributed by atoms with van der Waals surface area (Å²) in [6, 6.07) is 1.90. The van der Waals surface area contributed by atoms with E-state index in [1.165, 1.54) is 11.3 Å².